The van der Waals surface area contributed by atoms with Crippen LogP contribution in [0.1, 0.15) is 30.5 Å². The van der Waals surface area contributed by atoms with Crippen LogP contribution in [0.4, 0.5) is 0 Å². The molecule has 2 aromatic rings. The molecule has 3 atom stereocenters. The molecule has 3 heteroatoms. The van der Waals surface area contributed by atoms with Crippen molar-refractivity contribution in [3.8, 4) is 11.8 Å². The van der Waals surface area contributed by atoms with Crippen molar-refractivity contribution in [3.05, 3.63) is 71.8 Å². The summed E-state index contributed by atoms with van der Waals surface area (Å²) in [5, 5.41) is 22.0. The molecule has 3 nitrogen and oxygen atoms in total. The number of benzene rings is 2. The van der Waals surface area contributed by atoms with Crippen LogP contribution in [0.2, 0.25) is 0 Å². The van der Waals surface area contributed by atoms with Crippen molar-refractivity contribution < 1.29 is 10.2 Å². The highest BCUT2D eigenvalue weighted by Crippen LogP contribution is 2.40. The van der Waals surface area contributed by atoms with Crippen LogP contribution >= 0.6 is 0 Å². The molecule has 124 valence electrons. The first kappa shape index (κ1) is 16.7. The first-order chi connectivity index (χ1) is 11.4. The van der Waals surface area contributed by atoms with Gasteiger partial charge in [0.2, 0.25) is 0 Å². The average molecular weight is 321 g/mol. The Balaban J connectivity index is 1.94. The molecule has 1 fully saturated rings. The Morgan fingerprint density at radius 1 is 1.00 bits per heavy atom. The van der Waals surface area contributed by atoms with Crippen LogP contribution in [-0.2, 0) is 0 Å². The van der Waals surface area contributed by atoms with Crippen LogP contribution in [0.25, 0.3) is 0 Å². The molecule has 1 aliphatic rings. The smallest absolute Gasteiger partial charge is 0.157 e. The number of hydrogen-bond acceptors (Lipinski definition) is 3. The van der Waals surface area contributed by atoms with Crippen molar-refractivity contribution in [2.24, 2.45) is 0 Å². The molecule has 1 saturated heterocycles. The molecule has 0 aliphatic carbocycles. The second kappa shape index (κ2) is 6.41. The summed E-state index contributed by atoms with van der Waals surface area (Å²) in [6, 6.07) is 19.6. The molecule has 24 heavy (non-hydrogen) atoms. The molecular weight excluding hydrogens is 298 g/mol. The highest BCUT2D eigenvalue weighted by Gasteiger charge is 2.51. The maximum absolute atomic E-state index is 11.2. The van der Waals surface area contributed by atoms with Gasteiger partial charge in [0.15, 0.2) is 5.60 Å². The van der Waals surface area contributed by atoms with Crippen molar-refractivity contribution in [2.75, 3.05) is 13.6 Å². The van der Waals surface area contributed by atoms with E-state index in [9.17, 15) is 10.2 Å². The van der Waals surface area contributed by atoms with Gasteiger partial charge in [0.05, 0.1) is 0 Å². The van der Waals surface area contributed by atoms with E-state index in [0.29, 0.717) is 13.0 Å². The van der Waals surface area contributed by atoms with Crippen molar-refractivity contribution in [1.82, 2.24) is 4.90 Å². The van der Waals surface area contributed by atoms with E-state index in [0.717, 1.165) is 11.1 Å². The molecule has 3 rings (SSSR count). The lowest BCUT2D eigenvalue weighted by Crippen LogP contribution is -2.62. The molecule has 0 spiro atoms. The Morgan fingerprint density at radius 3 is 2.21 bits per heavy atom. The van der Waals surface area contributed by atoms with Gasteiger partial charge >= 0.3 is 0 Å². The number of piperidine rings is 1. The number of likely N-dealkylation sites (tertiary alicyclic amines) is 1. The standard InChI is InChI=1S/C21H23NO2/c1-20(23)16-22(2)19(18-11-7-4-8-12-18)15-21(20,24)14-13-17-9-5-3-6-10-17/h3-12,19,23-24H,15-16H2,1-2H3/t19-,20+,21+/m0/s1. The van der Waals surface area contributed by atoms with Crippen LogP contribution < -0.4 is 0 Å². The van der Waals surface area contributed by atoms with E-state index < -0.39 is 11.2 Å². The molecule has 1 aliphatic heterocycles. The van der Waals surface area contributed by atoms with Crippen molar-refractivity contribution in [2.45, 2.75) is 30.6 Å². The summed E-state index contributed by atoms with van der Waals surface area (Å²) >= 11 is 0. The maximum atomic E-state index is 11.2. The molecule has 0 saturated carbocycles. The lowest BCUT2D eigenvalue weighted by molar-refractivity contribution is -0.160. The number of β-amino-alcohol motifs (C(OH)–C–C–N with tert-alkyl or cyclic N) is 1. The van der Waals surface area contributed by atoms with Crippen molar-refractivity contribution >= 4 is 0 Å². The van der Waals surface area contributed by atoms with Crippen molar-refractivity contribution in [1.29, 1.82) is 0 Å². The van der Waals surface area contributed by atoms with Crippen molar-refractivity contribution in [3.63, 3.8) is 0 Å². The normalized spacial score (nSPS) is 30.4. The van der Waals surface area contributed by atoms with Crippen LogP contribution in [0, 0.1) is 11.8 Å². The van der Waals surface area contributed by atoms with Crippen LogP contribution in [0.5, 0.6) is 0 Å². The summed E-state index contributed by atoms with van der Waals surface area (Å²) in [7, 11) is 1.97. The highest BCUT2D eigenvalue weighted by atomic mass is 16.4. The minimum Gasteiger partial charge on any atom is -0.385 e. The average Bonchev–Trinajstić information content (AvgIpc) is 2.58. The fourth-order valence-corrected chi connectivity index (χ4v) is 3.31. The molecule has 0 amide bonds. The Labute approximate surface area is 143 Å². The third-order valence-electron chi connectivity index (χ3n) is 4.84. The third kappa shape index (κ3) is 3.22. The summed E-state index contributed by atoms with van der Waals surface area (Å²) in [6.45, 7) is 2.01. The van der Waals surface area contributed by atoms with E-state index in [1.807, 2.05) is 67.7 Å². The van der Waals surface area contributed by atoms with Gasteiger partial charge in [0, 0.05) is 24.6 Å². The van der Waals surface area contributed by atoms with Gasteiger partial charge in [-0.1, -0.05) is 60.4 Å². The Bertz CT molecular complexity index is 746. The first-order valence-corrected chi connectivity index (χ1v) is 8.19. The topological polar surface area (TPSA) is 43.7 Å². The van der Waals surface area contributed by atoms with Gasteiger partial charge in [-0.2, -0.15) is 0 Å². The first-order valence-electron chi connectivity index (χ1n) is 8.19. The largest absolute Gasteiger partial charge is 0.385 e. The quantitative estimate of drug-likeness (QED) is 0.794. The number of nitrogens with zero attached hydrogens (tertiary/aromatic N) is 1. The number of rotatable bonds is 1. The number of likely N-dealkylation sites (N-methyl/N-ethyl adjacent to an activating group) is 1. The van der Waals surface area contributed by atoms with Crippen LogP contribution in [0.3, 0.4) is 0 Å². The Kier molecular flexibility index (Phi) is 4.47. The number of hydrogen-bond donors (Lipinski definition) is 2. The monoisotopic (exact) mass is 321 g/mol. The molecule has 2 N–H and O–H groups in total. The van der Waals surface area contributed by atoms with E-state index in [2.05, 4.69) is 16.7 Å². The van der Waals surface area contributed by atoms with E-state index in [1.165, 1.54) is 0 Å². The summed E-state index contributed by atoms with van der Waals surface area (Å²) in [5.41, 5.74) is -0.808. The van der Waals surface area contributed by atoms with Crippen LogP contribution in [-0.4, -0.2) is 39.9 Å². The highest BCUT2D eigenvalue weighted by molar-refractivity contribution is 5.38. The maximum Gasteiger partial charge on any atom is 0.157 e. The molecule has 1 heterocycles. The second-order valence-corrected chi connectivity index (χ2v) is 6.80. The third-order valence-corrected chi connectivity index (χ3v) is 4.84. The SMILES string of the molecule is CN1C[C@@](C)(O)[C@@](O)(C#Cc2ccccc2)C[C@H]1c1ccccc1. The van der Waals surface area contributed by atoms with Gasteiger partial charge in [0.1, 0.15) is 5.60 Å². The number of aliphatic hydroxyl groups is 2. The molecular formula is C21H23NO2. The molecule has 0 unspecified atom stereocenters. The lowest BCUT2D eigenvalue weighted by atomic mass is 9.74. The van der Waals surface area contributed by atoms with E-state index in [1.54, 1.807) is 6.92 Å². The van der Waals surface area contributed by atoms with Gasteiger partial charge in [-0.3, -0.25) is 4.90 Å². The van der Waals surface area contributed by atoms with Gasteiger partial charge in [-0.25, -0.2) is 0 Å². The fourth-order valence-electron chi connectivity index (χ4n) is 3.31. The van der Waals surface area contributed by atoms with Gasteiger partial charge in [0.25, 0.3) is 0 Å². The Morgan fingerprint density at radius 2 is 1.58 bits per heavy atom. The minimum atomic E-state index is -1.46. The Hall–Kier alpha value is -2.12. The predicted molar refractivity (Wildman–Crippen MR) is 95.3 cm³/mol. The zero-order chi connectivity index (χ0) is 17.2. The summed E-state index contributed by atoms with van der Waals surface area (Å²) in [5.74, 6) is 5.97. The fraction of sp³-hybridized carbons (Fsp3) is 0.333. The van der Waals surface area contributed by atoms with Gasteiger partial charge in [-0.15, -0.1) is 0 Å². The summed E-state index contributed by atoms with van der Waals surface area (Å²) in [4.78, 5) is 2.08. The van der Waals surface area contributed by atoms with Crippen LogP contribution in [0.15, 0.2) is 60.7 Å². The second-order valence-electron chi connectivity index (χ2n) is 6.80. The zero-order valence-corrected chi connectivity index (χ0v) is 14.1. The van der Waals surface area contributed by atoms with E-state index in [-0.39, 0.29) is 6.04 Å². The lowest BCUT2D eigenvalue weighted by Gasteiger charge is -2.49. The van der Waals surface area contributed by atoms with E-state index in [4.69, 9.17) is 0 Å². The minimum absolute atomic E-state index is 0.0153. The molecule has 0 aromatic heterocycles. The molecule has 0 bridgehead atoms. The van der Waals surface area contributed by atoms with Gasteiger partial charge < -0.3 is 10.2 Å². The zero-order valence-electron chi connectivity index (χ0n) is 14.1. The van der Waals surface area contributed by atoms with Gasteiger partial charge in [-0.05, 0) is 31.7 Å². The molecule has 0 radical (unpaired) electrons. The summed E-state index contributed by atoms with van der Waals surface area (Å²) < 4.78 is 0. The predicted octanol–water partition coefficient (Wildman–Crippen LogP) is 2.60. The summed E-state index contributed by atoms with van der Waals surface area (Å²) in [6.07, 6.45) is 0.361. The molecule has 2 aromatic carbocycles. The van der Waals surface area contributed by atoms with E-state index >= 15 is 0 Å².